The zero-order chi connectivity index (χ0) is 13.9. The van der Waals surface area contributed by atoms with Gasteiger partial charge in [-0.05, 0) is 63.5 Å². The van der Waals surface area contributed by atoms with E-state index < -0.39 is 0 Å². The molecule has 0 aromatic carbocycles. The van der Waals surface area contributed by atoms with Gasteiger partial charge in [0, 0.05) is 12.1 Å². The van der Waals surface area contributed by atoms with Crippen molar-refractivity contribution < 1.29 is 0 Å². The predicted molar refractivity (Wildman–Crippen MR) is 81.0 cm³/mol. The zero-order valence-corrected chi connectivity index (χ0v) is 13.4. The smallest absolute Gasteiger partial charge is 0.0130 e. The van der Waals surface area contributed by atoms with Crippen LogP contribution in [0, 0.1) is 10.8 Å². The lowest BCUT2D eigenvalue weighted by Crippen LogP contribution is -2.50. The number of hydrogen-bond donors (Lipinski definition) is 2. The molecule has 0 aromatic rings. The maximum atomic E-state index is 3.85. The Morgan fingerprint density at radius 1 is 1.06 bits per heavy atom. The molecule has 0 bridgehead atoms. The molecule has 1 saturated heterocycles. The van der Waals surface area contributed by atoms with Crippen molar-refractivity contribution in [2.75, 3.05) is 19.6 Å². The van der Waals surface area contributed by atoms with Gasteiger partial charge in [-0.15, -0.1) is 0 Å². The van der Waals surface area contributed by atoms with Crippen LogP contribution < -0.4 is 10.6 Å². The van der Waals surface area contributed by atoms with Crippen LogP contribution in [0.1, 0.15) is 67.2 Å². The number of piperidine rings is 1. The van der Waals surface area contributed by atoms with E-state index in [0.29, 0.717) is 10.8 Å². The van der Waals surface area contributed by atoms with Crippen LogP contribution >= 0.6 is 0 Å². The second-order valence-electron chi connectivity index (χ2n) is 8.08. The van der Waals surface area contributed by atoms with Crippen molar-refractivity contribution in [3.05, 3.63) is 0 Å². The van der Waals surface area contributed by atoms with Gasteiger partial charge in [-0.1, -0.05) is 27.7 Å². The molecule has 1 fully saturated rings. The maximum absolute atomic E-state index is 3.85. The van der Waals surface area contributed by atoms with Gasteiger partial charge in [0.15, 0.2) is 0 Å². The first-order chi connectivity index (χ1) is 8.18. The summed E-state index contributed by atoms with van der Waals surface area (Å²) in [5.41, 5.74) is 1.16. The summed E-state index contributed by atoms with van der Waals surface area (Å²) in [6.07, 6.45) is 5.16. The molecule has 0 spiro atoms. The van der Waals surface area contributed by atoms with Gasteiger partial charge in [0.2, 0.25) is 0 Å². The standard InChI is InChI=1S/C16H34N2/c1-7-16(8-10-17-11-9-16)13-18-15(5,6)12-14(2,3)4/h17-18H,7-13H2,1-6H3. The third-order valence-corrected chi connectivity index (χ3v) is 4.33. The van der Waals surface area contributed by atoms with Crippen LogP contribution in [0.4, 0.5) is 0 Å². The summed E-state index contributed by atoms with van der Waals surface area (Å²) < 4.78 is 0. The molecule has 2 N–H and O–H groups in total. The molecule has 0 radical (unpaired) electrons. The molecule has 0 atom stereocenters. The van der Waals surface area contributed by atoms with Crippen molar-refractivity contribution in [1.29, 1.82) is 0 Å². The van der Waals surface area contributed by atoms with Crippen LogP contribution in [0.5, 0.6) is 0 Å². The number of hydrogen-bond acceptors (Lipinski definition) is 2. The Morgan fingerprint density at radius 3 is 2.06 bits per heavy atom. The topological polar surface area (TPSA) is 24.1 Å². The fourth-order valence-electron chi connectivity index (χ4n) is 3.43. The minimum Gasteiger partial charge on any atom is -0.317 e. The molecular weight excluding hydrogens is 220 g/mol. The van der Waals surface area contributed by atoms with Crippen molar-refractivity contribution in [3.63, 3.8) is 0 Å². The second-order valence-corrected chi connectivity index (χ2v) is 8.08. The number of nitrogens with one attached hydrogen (secondary N) is 2. The molecule has 0 unspecified atom stereocenters. The maximum Gasteiger partial charge on any atom is 0.0130 e. The molecule has 1 heterocycles. The summed E-state index contributed by atoms with van der Waals surface area (Å²) in [5.74, 6) is 0. The van der Waals surface area contributed by atoms with E-state index in [9.17, 15) is 0 Å². The van der Waals surface area contributed by atoms with Gasteiger partial charge in [-0.2, -0.15) is 0 Å². The Bertz CT molecular complexity index is 244. The first kappa shape index (κ1) is 16.0. The van der Waals surface area contributed by atoms with Crippen molar-refractivity contribution in [2.45, 2.75) is 72.8 Å². The highest BCUT2D eigenvalue weighted by atomic mass is 15.0. The highest BCUT2D eigenvalue weighted by molar-refractivity contribution is 4.90. The quantitative estimate of drug-likeness (QED) is 0.784. The average molecular weight is 254 g/mol. The van der Waals surface area contributed by atoms with Crippen molar-refractivity contribution >= 4 is 0 Å². The summed E-state index contributed by atoms with van der Waals surface area (Å²) in [7, 11) is 0. The molecule has 0 saturated carbocycles. The monoisotopic (exact) mass is 254 g/mol. The van der Waals surface area contributed by atoms with Crippen LogP contribution in [0.15, 0.2) is 0 Å². The average Bonchev–Trinajstić information content (AvgIpc) is 2.25. The summed E-state index contributed by atoms with van der Waals surface area (Å²) in [6.45, 7) is 17.6. The molecule has 1 aliphatic heterocycles. The van der Waals surface area contributed by atoms with E-state index >= 15 is 0 Å². The van der Waals surface area contributed by atoms with E-state index in [2.05, 4.69) is 52.2 Å². The summed E-state index contributed by atoms with van der Waals surface area (Å²) in [4.78, 5) is 0. The van der Waals surface area contributed by atoms with Crippen LogP contribution in [0.2, 0.25) is 0 Å². The van der Waals surface area contributed by atoms with Crippen molar-refractivity contribution in [3.8, 4) is 0 Å². The molecule has 2 heteroatoms. The number of rotatable bonds is 5. The van der Waals surface area contributed by atoms with Gasteiger partial charge in [-0.25, -0.2) is 0 Å². The van der Waals surface area contributed by atoms with Gasteiger partial charge in [0.1, 0.15) is 0 Å². The van der Waals surface area contributed by atoms with E-state index in [0.717, 1.165) is 0 Å². The molecule has 0 aromatic heterocycles. The Morgan fingerprint density at radius 2 is 1.61 bits per heavy atom. The lowest BCUT2D eigenvalue weighted by molar-refractivity contribution is 0.150. The van der Waals surface area contributed by atoms with Gasteiger partial charge >= 0.3 is 0 Å². The van der Waals surface area contributed by atoms with Crippen molar-refractivity contribution in [2.24, 2.45) is 10.8 Å². The molecule has 1 rings (SSSR count). The van der Waals surface area contributed by atoms with Gasteiger partial charge in [0.25, 0.3) is 0 Å². The van der Waals surface area contributed by atoms with Crippen LogP contribution in [0.25, 0.3) is 0 Å². The summed E-state index contributed by atoms with van der Waals surface area (Å²) in [6, 6.07) is 0. The molecular formula is C16H34N2. The van der Waals surface area contributed by atoms with Crippen LogP contribution in [-0.2, 0) is 0 Å². The highest BCUT2D eigenvalue weighted by Gasteiger charge is 2.33. The predicted octanol–water partition coefficient (Wildman–Crippen LogP) is 3.57. The largest absolute Gasteiger partial charge is 0.317 e. The zero-order valence-electron chi connectivity index (χ0n) is 13.4. The molecule has 0 aliphatic carbocycles. The SMILES string of the molecule is CCC1(CNC(C)(C)CC(C)(C)C)CCNCC1. The normalized spacial score (nSPS) is 21.0. The van der Waals surface area contributed by atoms with E-state index in [-0.39, 0.29) is 5.54 Å². The van der Waals surface area contributed by atoms with E-state index in [1.807, 2.05) is 0 Å². The van der Waals surface area contributed by atoms with E-state index in [1.54, 1.807) is 0 Å². The third-order valence-electron chi connectivity index (χ3n) is 4.33. The molecule has 2 nitrogen and oxygen atoms in total. The minimum atomic E-state index is 0.241. The lowest BCUT2D eigenvalue weighted by Gasteiger charge is -2.41. The third kappa shape index (κ3) is 5.27. The molecule has 0 amide bonds. The van der Waals surface area contributed by atoms with Crippen LogP contribution in [0.3, 0.4) is 0 Å². The Kier molecular flexibility index (Phi) is 5.25. The lowest BCUT2D eigenvalue weighted by atomic mass is 9.75. The summed E-state index contributed by atoms with van der Waals surface area (Å²) >= 11 is 0. The van der Waals surface area contributed by atoms with Crippen molar-refractivity contribution in [1.82, 2.24) is 10.6 Å². The second kappa shape index (κ2) is 5.92. The first-order valence-corrected chi connectivity index (χ1v) is 7.64. The molecule has 1 aliphatic rings. The Balaban J connectivity index is 2.51. The molecule has 108 valence electrons. The van der Waals surface area contributed by atoms with Gasteiger partial charge in [-0.3, -0.25) is 0 Å². The van der Waals surface area contributed by atoms with Gasteiger partial charge < -0.3 is 10.6 Å². The van der Waals surface area contributed by atoms with E-state index in [1.165, 1.54) is 45.3 Å². The summed E-state index contributed by atoms with van der Waals surface area (Å²) in [5, 5.41) is 7.33. The first-order valence-electron chi connectivity index (χ1n) is 7.64. The molecule has 18 heavy (non-hydrogen) atoms. The fraction of sp³-hybridized carbons (Fsp3) is 1.00. The Hall–Kier alpha value is -0.0800. The van der Waals surface area contributed by atoms with Gasteiger partial charge in [0.05, 0.1) is 0 Å². The fourth-order valence-corrected chi connectivity index (χ4v) is 3.43. The Labute approximate surface area is 114 Å². The highest BCUT2D eigenvalue weighted by Crippen LogP contribution is 2.33. The van der Waals surface area contributed by atoms with Crippen LogP contribution in [-0.4, -0.2) is 25.2 Å². The van der Waals surface area contributed by atoms with E-state index in [4.69, 9.17) is 0 Å². The minimum absolute atomic E-state index is 0.241.